The maximum absolute atomic E-state index is 10.9. The third kappa shape index (κ3) is 4.84. The van der Waals surface area contributed by atoms with E-state index in [-0.39, 0.29) is 12.5 Å². The summed E-state index contributed by atoms with van der Waals surface area (Å²) in [6.07, 6.45) is 1.29. The summed E-state index contributed by atoms with van der Waals surface area (Å²) in [5.41, 5.74) is 6.46. The molecule has 100 valence electrons. The molecule has 0 fully saturated rings. The maximum Gasteiger partial charge on any atom is 0.307 e. The van der Waals surface area contributed by atoms with E-state index in [1.165, 1.54) is 0 Å². The van der Waals surface area contributed by atoms with Crippen molar-refractivity contribution in [3.8, 4) is 0 Å². The SMILES string of the molecule is CC(Cc1cc(Cl)cc(Cl)c1)CC(CN)C(=O)O. The van der Waals surface area contributed by atoms with Crippen LogP contribution in [0.5, 0.6) is 0 Å². The van der Waals surface area contributed by atoms with Crippen LogP contribution < -0.4 is 5.73 Å². The van der Waals surface area contributed by atoms with Crippen LogP contribution in [0.3, 0.4) is 0 Å². The quantitative estimate of drug-likeness (QED) is 0.845. The van der Waals surface area contributed by atoms with Gasteiger partial charge in [0.25, 0.3) is 0 Å². The topological polar surface area (TPSA) is 63.3 Å². The lowest BCUT2D eigenvalue weighted by Gasteiger charge is -2.16. The van der Waals surface area contributed by atoms with Crippen molar-refractivity contribution in [1.29, 1.82) is 0 Å². The Labute approximate surface area is 117 Å². The summed E-state index contributed by atoms with van der Waals surface area (Å²) in [6, 6.07) is 5.38. The Kier molecular flexibility index (Phi) is 5.93. The Morgan fingerprint density at radius 2 is 1.89 bits per heavy atom. The van der Waals surface area contributed by atoms with E-state index in [4.69, 9.17) is 34.0 Å². The fourth-order valence-corrected chi connectivity index (χ4v) is 2.57. The molecule has 2 unspecified atom stereocenters. The summed E-state index contributed by atoms with van der Waals surface area (Å²) in [7, 11) is 0. The molecule has 1 aromatic carbocycles. The number of hydrogen-bond donors (Lipinski definition) is 2. The van der Waals surface area contributed by atoms with Gasteiger partial charge in [-0.2, -0.15) is 0 Å². The van der Waals surface area contributed by atoms with Gasteiger partial charge in [-0.15, -0.1) is 0 Å². The van der Waals surface area contributed by atoms with Gasteiger partial charge in [0.1, 0.15) is 0 Å². The number of carboxylic acid groups (broad SMARTS) is 1. The van der Waals surface area contributed by atoms with Crippen molar-refractivity contribution in [2.45, 2.75) is 19.8 Å². The fraction of sp³-hybridized carbons (Fsp3) is 0.462. The van der Waals surface area contributed by atoms with Crippen LogP contribution in [0.1, 0.15) is 18.9 Å². The van der Waals surface area contributed by atoms with Gasteiger partial charge in [0.2, 0.25) is 0 Å². The minimum Gasteiger partial charge on any atom is -0.481 e. The smallest absolute Gasteiger partial charge is 0.307 e. The first-order valence-electron chi connectivity index (χ1n) is 5.80. The van der Waals surface area contributed by atoms with Crippen LogP contribution in [0.2, 0.25) is 10.0 Å². The Morgan fingerprint density at radius 3 is 2.33 bits per heavy atom. The molecule has 0 aromatic heterocycles. The number of halogens is 2. The maximum atomic E-state index is 10.9. The van der Waals surface area contributed by atoms with Gasteiger partial charge in [-0.05, 0) is 42.5 Å². The lowest BCUT2D eigenvalue weighted by atomic mass is 9.91. The van der Waals surface area contributed by atoms with Crippen LogP contribution in [-0.4, -0.2) is 17.6 Å². The summed E-state index contributed by atoms with van der Waals surface area (Å²) in [5, 5.41) is 10.1. The summed E-state index contributed by atoms with van der Waals surface area (Å²) >= 11 is 11.8. The predicted octanol–water partition coefficient (Wildman–Crippen LogP) is 3.22. The highest BCUT2D eigenvalue weighted by molar-refractivity contribution is 6.34. The van der Waals surface area contributed by atoms with Gasteiger partial charge in [0.05, 0.1) is 5.92 Å². The summed E-state index contributed by atoms with van der Waals surface area (Å²) in [6.45, 7) is 2.16. The molecule has 0 aliphatic heterocycles. The number of benzene rings is 1. The van der Waals surface area contributed by atoms with Crippen molar-refractivity contribution in [3.63, 3.8) is 0 Å². The Hall–Kier alpha value is -0.770. The first kappa shape index (κ1) is 15.3. The van der Waals surface area contributed by atoms with Crippen LogP contribution in [0, 0.1) is 11.8 Å². The van der Waals surface area contributed by atoms with E-state index in [1.54, 1.807) is 6.07 Å². The normalized spacial score (nSPS) is 14.2. The van der Waals surface area contributed by atoms with Gasteiger partial charge in [-0.1, -0.05) is 30.1 Å². The molecule has 1 aromatic rings. The second kappa shape index (κ2) is 6.98. The number of carbonyl (C=O) groups is 1. The highest BCUT2D eigenvalue weighted by Crippen LogP contribution is 2.23. The molecule has 3 nitrogen and oxygen atoms in total. The predicted molar refractivity (Wildman–Crippen MR) is 74.1 cm³/mol. The van der Waals surface area contributed by atoms with Crippen molar-refractivity contribution < 1.29 is 9.90 Å². The number of carboxylic acids is 1. The second-order valence-electron chi connectivity index (χ2n) is 4.59. The average molecular weight is 290 g/mol. The van der Waals surface area contributed by atoms with Crippen LogP contribution in [0.4, 0.5) is 0 Å². The molecule has 2 atom stereocenters. The third-order valence-electron chi connectivity index (χ3n) is 2.83. The summed E-state index contributed by atoms with van der Waals surface area (Å²) in [5.74, 6) is -1.12. The van der Waals surface area contributed by atoms with Crippen molar-refractivity contribution in [2.24, 2.45) is 17.6 Å². The molecule has 0 saturated carbocycles. The van der Waals surface area contributed by atoms with Gasteiger partial charge in [0, 0.05) is 16.6 Å². The van der Waals surface area contributed by atoms with Crippen molar-refractivity contribution in [3.05, 3.63) is 33.8 Å². The Morgan fingerprint density at radius 1 is 1.33 bits per heavy atom. The van der Waals surface area contributed by atoms with Crippen molar-refractivity contribution in [2.75, 3.05) is 6.54 Å². The third-order valence-corrected chi connectivity index (χ3v) is 3.26. The zero-order valence-corrected chi connectivity index (χ0v) is 11.7. The van der Waals surface area contributed by atoms with E-state index >= 15 is 0 Å². The summed E-state index contributed by atoms with van der Waals surface area (Å²) in [4.78, 5) is 10.9. The molecule has 5 heteroatoms. The first-order valence-corrected chi connectivity index (χ1v) is 6.55. The second-order valence-corrected chi connectivity index (χ2v) is 5.47. The van der Waals surface area contributed by atoms with E-state index < -0.39 is 11.9 Å². The molecule has 3 N–H and O–H groups in total. The largest absolute Gasteiger partial charge is 0.481 e. The minimum atomic E-state index is -0.839. The van der Waals surface area contributed by atoms with Gasteiger partial charge >= 0.3 is 5.97 Å². The van der Waals surface area contributed by atoms with E-state index in [2.05, 4.69) is 0 Å². The van der Waals surface area contributed by atoms with E-state index in [1.807, 2.05) is 19.1 Å². The Bertz CT molecular complexity index is 403. The first-order chi connectivity index (χ1) is 8.42. The zero-order chi connectivity index (χ0) is 13.7. The minimum absolute atomic E-state index is 0.163. The highest BCUT2D eigenvalue weighted by Gasteiger charge is 2.19. The monoisotopic (exact) mass is 289 g/mol. The molecule has 0 saturated heterocycles. The molecule has 0 amide bonds. The Balaban J connectivity index is 2.63. The van der Waals surface area contributed by atoms with E-state index in [9.17, 15) is 4.79 Å². The van der Waals surface area contributed by atoms with Crippen LogP contribution in [-0.2, 0) is 11.2 Å². The van der Waals surface area contributed by atoms with Crippen molar-refractivity contribution >= 4 is 29.2 Å². The van der Waals surface area contributed by atoms with Gasteiger partial charge in [-0.3, -0.25) is 4.79 Å². The molecule has 0 aliphatic rings. The summed E-state index contributed by atoms with van der Waals surface area (Å²) < 4.78 is 0. The highest BCUT2D eigenvalue weighted by atomic mass is 35.5. The molecule has 18 heavy (non-hydrogen) atoms. The molecule has 0 heterocycles. The standard InChI is InChI=1S/C13H17Cl2NO2/c1-8(3-10(7-16)13(17)18)2-9-4-11(14)6-12(15)5-9/h4-6,8,10H,2-3,7,16H2,1H3,(H,17,18). The van der Waals surface area contributed by atoms with Gasteiger partial charge in [-0.25, -0.2) is 0 Å². The van der Waals surface area contributed by atoms with Crippen molar-refractivity contribution in [1.82, 2.24) is 0 Å². The fourth-order valence-electron chi connectivity index (χ4n) is 2.00. The van der Waals surface area contributed by atoms with Gasteiger partial charge in [0.15, 0.2) is 0 Å². The molecule has 1 rings (SSSR count). The number of hydrogen-bond acceptors (Lipinski definition) is 2. The van der Waals surface area contributed by atoms with E-state index in [0.29, 0.717) is 16.5 Å². The van der Waals surface area contributed by atoms with E-state index in [0.717, 1.165) is 12.0 Å². The number of nitrogens with two attached hydrogens (primary N) is 1. The molecule has 0 aliphatic carbocycles. The van der Waals surface area contributed by atoms with Gasteiger partial charge < -0.3 is 10.8 Å². The van der Waals surface area contributed by atoms with Crippen LogP contribution in [0.25, 0.3) is 0 Å². The molecular weight excluding hydrogens is 273 g/mol. The average Bonchev–Trinajstić information content (AvgIpc) is 2.23. The zero-order valence-electron chi connectivity index (χ0n) is 10.2. The molecular formula is C13H17Cl2NO2. The lowest BCUT2D eigenvalue weighted by Crippen LogP contribution is -2.25. The van der Waals surface area contributed by atoms with Crippen LogP contribution in [0.15, 0.2) is 18.2 Å². The van der Waals surface area contributed by atoms with Crippen LogP contribution >= 0.6 is 23.2 Å². The molecule has 0 spiro atoms. The lowest BCUT2D eigenvalue weighted by molar-refractivity contribution is -0.141. The number of rotatable bonds is 6. The molecule has 0 radical (unpaired) electrons. The molecule has 0 bridgehead atoms. The number of aliphatic carboxylic acids is 1.